The van der Waals surface area contributed by atoms with Crippen molar-refractivity contribution in [2.75, 3.05) is 11.5 Å². The van der Waals surface area contributed by atoms with E-state index in [9.17, 15) is 13.2 Å². The third kappa shape index (κ3) is 3.37. The van der Waals surface area contributed by atoms with Crippen molar-refractivity contribution in [2.24, 2.45) is 10.4 Å². The van der Waals surface area contributed by atoms with Crippen LogP contribution in [0.3, 0.4) is 0 Å². The minimum absolute atomic E-state index is 0.0222. The number of rotatable bonds is 1. The first-order valence-electron chi connectivity index (χ1n) is 6.03. The fourth-order valence-corrected chi connectivity index (χ4v) is 4.35. The zero-order valence-corrected chi connectivity index (χ0v) is 11.2. The zero-order chi connectivity index (χ0) is 12.7. The van der Waals surface area contributed by atoms with Gasteiger partial charge in [-0.2, -0.15) is 0 Å². The highest BCUT2D eigenvalue weighted by Gasteiger charge is 2.32. The molecular formula is C12H19NO3S. The SMILES string of the molecule is CC1(C)CC(=O)CC(=N[C@H]2CCS(=O)(=O)C2)C1. The van der Waals surface area contributed by atoms with Gasteiger partial charge in [0.1, 0.15) is 5.78 Å². The summed E-state index contributed by atoms with van der Waals surface area (Å²) in [4.78, 5) is 16.1. The molecule has 5 heteroatoms. The molecule has 17 heavy (non-hydrogen) atoms. The van der Waals surface area contributed by atoms with Crippen LogP contribution in [-0.2, 0) is 14.6 Å². The van der Waals surface area contributed by atoms with Gasteiger partial charge in [-0.25, -0.2) is 8.42 Å². The van der Waals surface area contributed by atoms with Gasteiger partial charge >= 0.3 is 0 Å². The first-order valence-corrected chi connectivity index (χ1v) is 7.86. The van der Waals surface area contributed by atoms with Gasteiger partial charge in [-0.1, -0.05) is 13.8 Å². The summed E-state index contributed by atoms with van der Waals surface area (Å²) in [5.74, 6) is 0.623. The molecule has 4 nitrogen and oxygen atoms in total. The molecule has 0 bridgehead atoms. The molecule has 0 spiro atoms. The number of carbonyl (C=O) groups excluding carboxylic acids is 1. The van der Waals surface area contributed by atoms with Crippen LogP contribution < -0.4 is 0 Å². The maximum absolute atomic E-state index is 11.6. The monoisotopic (exact) mass is 257 g/mol. The molecule has 1 aliphatic carbocycles. The van der Waals surface area contributed by atoms with Crippen LogP contribution >= 0.6 is 0 Å². The van der Waals surface area contributed by atoms with E-state index in [0.717, 1.165) is 12.1 Å². The standard InChI is InChI=1S/C12H19NO3S/c1-12(2)6-10(5-11(14)7-12)13-9-3-4-17(15,16)8-9/h9H,3-8H2,1-2H3/t9-/m0/s1. The average molecular weight is 257 g/mol. The predicted octanol–water partition coefficient (Wildman–Crippen LogP) is 1.39. The van der Waals surface area contributed by atoms with E-state index in [1.54, 1.807) is 0 Å². The molecule has 2 rings (SSSR count). The van der Waals surface area contributed by atoms with Gasteiger partial charge in [-0.05, 0) is 18.3 Å². The lowest BCUT2D eigenvalue weighted by atomic mass is 9.76. The van der Waals surface area contributed by atoms with Crippen LogP contribution in [0.1, 0.15) is 39.5 Å². The molecular weight excluding hydrogens is 238 g/mol. The highest BCUT2D eigenvalue weighted by Crippen LogP contribution is 2.32. The molecule has 0 unspecified atom stereocenters. The Kier molecular flexibility index (Phi) is 3.14. The van der Waals surface area contributed by atoms with Gasteiger partial charge in [0, 0.05) is 18.6 Å². The topological polar surface area (TPSA) is 63.6 Å². The lowest BCUT2D eigenvalue weighted by Gasteiger charge is -2.29. The summed E-state index contributed by atoms with van der Waals surface area (Å²) < 4.78 is 22.7. The third-order valence-corrected chi connectivity index (χ3v) is 5.08. The van der Waals surface area contributed by atoms with Crippen LogP contribution in [0.5, 0.6) is 0 Å². The van der Waals surface area contributed by atoms with Gasteiger partial charge in [-0.3, -0.25) is 9.79 Å². The van der Waals surface area contributed by atoms with E-state index >= 15 is 0 Å². The lowest BCUT2D eigenvalue weighted by molar-refractivity contribution is -0.120. The molecule has 1 saturated carbocycles. The highest BCUT2D eigenvalue weighted by atomic mass is 32.2. The van der Waals surface area contributed by atoms with E-state index in [0.29, 0.717) is 19.3 Å². The molecule has 0 aromatic heterocycles. The number of carbonyl (C=O) groups is 1. The van der Waals surface area contributed by atoms with Crippen molar-refractivity contribution >= 4 is 21.3 Å². The summed E-state index contributed by atoms with van der Waals surface area (Å²) in [6.45, 7) is 4.12. The van der Waals surface area contributed by atoms with E-state index in [1.807, 2.05) is 0 Å². The van der Waals surface area contributed by atoms with Crippen molar-refractivity contribution in [1.29, 1.82) is 0 Å². The van der Waals surface area contributed by atoms with Gasteiger partial charge < -0.3 is 0 Å². The van der Waals surface area contributed by atoms with Crippen LogP contribution in [0.25, 0.3) is 0 Å². The largest absolute Gasteiger partial charge is 0.299 e. The number of hydrogen-bond donors (Lipinski definition) is 0. The molecule has 1 atom stereocenters. The number of sulfone groups is 1. The van der Waals surface area contributed by atoms with Gasteiger partial charge in [0.15, 0.2) is 9.84 Å². The number of hydrogen-bond acceptors (Lipinski definition) is 4. The molecule has 2 fully saturated rings. The first-order chi connectivity index (χ1) is 7.76. The smallest absolute Gasteiger partial charge is 0.152 e. The van der Waals surface area contributed by atoms with Crippen LogP contribution in [0.4, 0.5) is 0 Å². The zero-order valence-electron chi connectivity index (χ0n) is 10.4. The number of aliphatic imine (C=N–C) groups is 1. The third-order valence-electron chi connectivity index (χ3n) is 3.33. The molecule has 96 valence electrons. The Labute approximate surface area is 102 Å². The van der Waals surface area contributed by atoms with Crippen LogP contribution in [0, 0.1) is 5.41 Å². The molecule has 2 aliphatic rings. The molecule has 0 radical (unpaired) electrons. The second kappa shape index (κ2) is 4.19. The second-order valence-corrected chi connectivity index (χ2v) is 8.21. The van der Waals surface area contributed by atoms with E-state index < -0.39 is 9.84 Å². The second-order valence-electron chi connectivity index (χ2n) is 5.99. The average Bonchev–Trinajstić information content (AvgIpc) is 2.41. The van der Waals surface area contributed by atoms with Crippen molar-refractivity contribution in [3.8, 4) is 0 Å². The minimum Gasteiger partial charge on any atom is -0.299 e. The van der Waals surface area contributed by atoms with E-state index in [4.69, 9.17) is 0 Å². The van der Waals surface area contributed by atoms with Crippen molar-refractivity contribution in [2.45, 2.75) is 45.6 Å². The lowest BCUT2D eigenvalue weighted by Crippen LogP contribution is -2.30. The quantitative estimate of drug-likeness (QED) is 0.713. The Morgan fingerprint density at radius 3 is 2.53 bits per heavy atom. The normalized spacial score (nSPS) is 34.1. The van der Waals surface area contributed by atoms with E-state index in [1.165, 1.54) is 0 Å². The van der Waals surface area contributed by atoms with Gasteiger partial charge in [0.25, 0.3) is 0 Å². The molecule has 0 amide bonds. The maximum Gasteiger partial charge on any atom is 0.152 e. The van der Waals surface area contributed by atoms with Crippen molar-refractivity contribution in [3.63, 3.8) is 0 Å². The molecule has 0 aromatic carbocycles. The number of ketones is 1. The summed E-state index contributed by atoms with van der Waals surface area (Å²) in [5, 5.41) is 0. The Balaban J connectivity index is 2.10. The first kappa shape index (κ1) is 12.7. The molecule has 0 aromatic rings. The predicted molar refractivity (Wildman–Crippen MR) is 67.1 cm³/mol. The molecule has 1 heterocycles. The van der Waals surface area contributed by atoms with Gasteiger partial charge in [0.05, 0.1) is 17.5 Å². The fourth-order valence-electron chi connectivity index (χ4n) is 2.73. The molecule has 1 aliphatic heterocycles. The van der Waals surface area contributed by atoms with E-state index in [2.05, 4.69) is 18.8 Å². The summed E-state index contributed by atoms with van der Waals surface area (Å²) in [6.07, 6.45) is 2.45. The highest BCUT2D eigenvalue weighted by molar-refractivity contribution is 7.91. The summed E-state index contributed by atoms with van der Waals surface area (Å²) in [5.41, 5.74) is 0.874. The molecule has 1 saturated heterocycles. The molecule has 0 N–H and O–H groups in total. The Hall–Kier alpha value is -0.710. The summed E-state index contributed by atoms with van der Waals surface area (Å²) >= 11 is 0. The summed E-state index contributed by atoms with van der Waals surface area (Å²) in [6, 6.07) is -0.114. The van der Waals surface area contributed by atoms with Gasteiger partial charge in [0.2, 0.25) is 0 Å². The van der Waals surface area contributed by atoms with Crippen molar-refractivity contribution in [3.05, 3.63) is 0 Å². The number of Topliss-reactive ketones (excluding diaryl/α,β-unsaturated/α-hetero) is 1. The number of nitrogens with zero attached hydrogens (tertiary/aromatic N) is 1. The fraction of sp³-hybridized carbons (Fsp3) is 0.833. The Bertz CT molecular complexity index is 462. The van der Waals surface area contributed by atoms with Crippen LogP contribution in [0.15, 0.2) is 4.99 Å². The Morgan fingerprint density at radius 1 is 1.29 bits per heavy atom. The summed E-state index contributed by atoms with van der Waals surface area (Å²) in [7, 11) is -2.88. The Morgan fingerprint density at radius 2 is 2.00 bits per heavy atom. The minimum atomic E-state index is -2.88. The van der Waals surface area contributed by atoms with Crippen LogP contribution in [-0.4, -0.2) is 37.5 Å². The van der Waals surface area contributed by atoms with Gasteiger partial charge in [-0.15, -0.1) is 0 Å². The van der Waals surface area contributed by atoms with E-state index in [-0.39, 0.29) is 28.7 Å². The van der Waals surface area contributed by atoms with Crippen molar-refractivity contribution < 1.29 is 13.2 Å². The van der Waals surface area contributed by atoms with Crippen LogP contribution in [0.2, 0.25) is 0 Å². The maximum atomic E-state index is 11.6. The van der Waals surface area contributed by atoms with Crippen molar-refractivity contribution in [1.82, 2.24) is 0 Å².